The van der Waals surface area contributed by atoms with Crippen molar-refractivity contribution < 1.29 is 19.4 Å². The van der Waals surface area contributed by atoms with Gasteiger partial charge in [0, 0.05) is 12.2 Å². The second-order valence-electron chi connectivity index (χ2n) is 7.17. The van der Waals surface area contributed by atoms with Crippen molar-refractivity contribution in [1.82, 2.24) is 0 Å². The van der Waals surface area contributed by atoms with Crippen molar-refractivity contribution in [2.75, 3.05) is 11.4 Å². The third-order valence-electron chi connectivity index (χ3n) is 5.55. The third kappa shape index (κ3) is 2.81. The van der Waals surface area contributed by atoms with Gasteiger partial charge < -0.3 is 14.7 Å². The highest BCUT2D eigenvalue weighted by Crippen LogP contribution is 2.53. The van der Waals surface area contributed by atoms with Gasteiger partial charge in [0.25, 0.3) is 5.91 Å². The van der Waals surface area contributed by atoms with Gasteiger partial charge in [0.05, 0.1) is 5.56 Å². The Morgan fingerprint density at radius 1 is 1.38 bits per heavy atom. The van der Waals surface area contributed by atoms with Gasteiger partial charge >= 0.3 is 5.97 Å². The molecule has 5 nitrogen and oxygen atoms in total. The van der Waals surface area contributed by atoms with E-state index in [0.717, 1.165) is 19.3 Å². The van der Waals surface area contributed by atoms with Crippen molar-refractivity contribution in [3.8, 4) is 0 Å². The van der Waals surface area contributed by atoms with Crippen LogP contribution in [0.15, 0.2) is 24.3 Å². The summed E-state index contributed by atoms with van der Waals surface area (Å²) in [6.07, 6.45) is 2.71. The van der Waals surface area contributed by atoms with E-state index < -0.39 is 12.1 Å². The summed E-state index contributed by atoms with van der Waals surface area (Å²) in [4.78, 5) is 25.8. The molecule has 5 heteroatoms. The van der Waals surface area contributed by atoms with Crippen LogP contribution in [0.1, 0.15) is 50.4 Å². The monoisotopic (exact) mass is 331 g/mol. The van der Waals surface area contributed by atoms with Crippen molar-refractivity contribution >= 4 is 17.6 Å². The van der Waals surface area contributed by atoms with Gasteiger partial charge in [-0.25, -0.2) is 4.79 Å². The molecule has 3 rings (SSSR count). The first kappa shape index (κ1) is 17.0. The average molecular weight is 331 g/mol. The lowest BCUT2D eigenvalue weighted by molar-refractivity contribution is -0.119. The highest BCUT2D eigenvalue weighted by Gasteiger charge is 2.65. The molecule has 0 radical (unpaired) electrons. The number of carboxylic acids is 1. The van der Waals surface area contributed by atoms with Crippen molar-refractivity contribution in [2.45, 2.75) is 51.7 Å². The summed E-state index contributed by atoms with van der Waals surface area (Å²) in [6.45, 7) is 6.80. The van der Waals surface area contributed by atoms with Gasteiger partial charge in [-0.1, -0.05) is 19.9 Å². The van der Waals surface area contributed by atoms with Gasteiger partial charge in [0.2, 0.25) is 0 Å². The lowest BCUT2D eigenvalue weighted by Crippen LogP contribution is -2.41. The van der Waals surface area contributed by atoms with E-state index in [9.17, 15) is 9.59 Å². The van der Waals surface area contributed by atoms with E-state index in [1.807, 2.05) is 6.92 Å². The second kappa shape index (κ2) is 6.20. The number of likely N-dealkylation sites (N-methyl/N-ethyl adjacent to an activating group) is 1. The molecule has 1 N–H and O–H groups in total. The molecular formula is C19H25NO4. The van der Waals surface area contributed by atoms with Gasteiger partial charge in [0.1, 0.15) is 5.60 Å². The lowest BCUT2D eigenvalue weighted by Gasteiger charge is -2.31. The van der Waals surface area contributed by atoms with Crippen LogP contribution in [0.5, 0.6) is 0 Å². The summed E-state index contributed by atoms with van der Waals surface area (Å²) >= 11 is 0. The fourth-order valence-corrected chi connectivity index (χ4v) is 4.06. The number of rotatable bonds is 4. The summed E-state index contributed by atoms with van der Waals surface area (Å²) in [5.74, 6) is 0.00944. The zero-order chi connectivity index (χ0) is 17.5. The first-order chi connectivity index (χ1) is 11.4. The standard InChI is InChI=1S/C19H25NO4/c1-4-20(15-7-5-6-14(11-15)18(22)23)17(21)16-19(24-16)9-8-12(2)10-13(19)3/h5-7,11-13,16H,4,8-10H2,1-3H3,(H,22,23). The van der Waals surface area contributed by atoms with Crippen LogP contribution < -0.4 is 4.90 Å². The Hall–Kier alpha value is -1.88. The molecule has 1 aromatic rings. The predicted octanol–water partition coefficient (Wildman–Crippen LogP) is 3.33. The molecule has 1 aliphatic carbocycles. The van der Waals surface area contributed by atoms with Crippen molar-refractivity contribution in [1.29, 1.82) is 0 Å². The number of nitrogens with zero attached hydrogens (tertiary/aromatic N) is 1. The number of carboxylic acid groups (broad SMARTS) is 1. The summed E-state index contributed by atoms with van der Waals surface area (Å²) in [5.41, 5.74) is 0.497. The van der Waals surface area contributed by atoms with Crippen molar-refractivity contribution in [3.63, 3.8) is 0 Å². The maximum Gasteiger partial charge on any atom is 0.335 e. The molecule has 4 unspecified atom stereocenters. The van der Waals surface area contributed by atoms with Gasteiger partial charge in [-0.05, 0) is 56.2 Å². The normalized spacial score (nSPS) is 31.7. The number of epoxide rings is 1. The van der Waals surface area contributed by atoms with Crippen LogP contribution in [-0.2, 0) is 9.53 Å². The van der Waals surface area contributed by atoms with E-state index in [2.05, 4.69) is 13.8 Å². The lowest BCUT2D eigenvalue weighted by atomic mass is 9.73. The number of carbonyl (C=O) groups excluding carboxylic acids is 1. The summed E-state index contributed by atoms with van der Waals surface area (Å²) in [6, 6.07) is 6.52. The molecule has 24 heavy (non-hydrogen) atoms. The van der Waals surface area contributed by atoms with E-state index in [0.29, 0.717) is 24.1 Å². The number of anilines is 1. The highest BCUT2D eigenvalue weighted by atomic mass is 16.6. The smallest absolute Gasteiger partial charge is 0.335 e. The number of carbonyl (C=O) groups is 2. The molecular weight excluding hydrogens is 306 g/mol. The van der Waals surface area contributed by atoms with E-state index in [-0.39, 0.29) is 17.1 Å². The van der Waals surface area contributed by atoms with Gasteiger partial charge in [-0.15, -0.1) is 0 Å². The summed E-state index contributed by atoms with van der Waals surface area (Å²) in [5, 5.41) is 9.15. The maximum absolute atomic E-state index is 13.0. The molecule has 0 bridgehead atoms. The largest absolute Gasteiger partial charge is 0.478 e. The molecule has 130 valence electrons. The molecule has 2 fully saturated rings. The minimum atomic E-state index is -0.991. The average Bonchev–Trinajstić information content (AvgIpc) is 3.28. The molecule has 1 aromatic carbocycles. The van der Waals surface area contributed by atoms with Crippen molar-refractivity contribution in [3.05, 3.63) is 29.8 Å². The maximum atomic E-state index is 13.0. The topological polar surface area (TPSA) is 70.1 Å². The minimum absolute atomic E-state index is 0.0542. The Balaban J connectivity index is 1.79. The summed E-state index contributed by atoms with van der Waals surface area (Å²) in [7, 11) is 0. The summed E-state index contributed by atoms with van der Waals surface area (Å²) < 4.78 is 5.94. The Morgan fingerprint density at radius 3 is 2.75 bits per heavy atom. The number of ether oxygens (including phenoxy) is 1. The Labute approximate surface area is 142 Å². The van der Waals surface area contributed by atoms with Crippen LogP contribution in [0, 0.1) is 11.8 Å². The van der Waals surface area contributed by atoms with Gasteiger partial charge in [-0.3, -0.25) is 4.79 Å². The Morgan fingerprint density at radius 2 is 2.12 bits per heavy atom. The molecule has 1 heterocycles. The predicted molar refractivity (Wildman–Crippen MR) is 91.2 cm³/mol. The molecule has 0 aromatic heterocycles. The molecule has 1 spiro atoms. The van der Waals surface area contributed by atoms with Crippen LogP contribution in [0.25, 0.3) is 0 Å². The zero-order valence-corrected chi connectivity index (χ0v) is 14.5. The van der Waals surface area contributed by atoms with Crippen LogP contribution in [0.2, 0.25) is 0 Å². The van der Waals surface area contributed by atoms with E-state index in [4.69, 9.17) is 9.84 Å². The van der Waals surface area contributed by atoms with E-state index in [1.54, 1.807) is 23.1 Å². The Bertz CT molecular complexity index is 659. The number of hydrogen-bond donors (Lipinski definition) is 1. The van der Waals surface area contributed by atoms with Crippen LogP contribution in [0.3, 0.4) is 0 Å². The number of aromatic carboxylic acids is 1. The molecule has 1 aliphatic heterocycles. The number of benzene rings is 1. The fourth-order valence-electron chi connectivity index (χ4n) is 4.06. The first-order valence-electron chi connectivity index (χ1n) is 8.71. The SMILES string of the molecule is CCN(C(=O)C1OC12CCC(C)CC2C)c1cccc(C(=O)O)c1. The number of hydrogen-bond acceptors (Lipinski definition) is 3. The molecule has 1 saturated heterocycles. The molecule has 4 atom stereocenters. The third-order valence-corrected chi connectivity index (χ3v) is 5.55. The van der Waals surface area contributed by atoms with E-state index in [1.165, 1.54) is 6.07 Å². The van der Waals surface area contributed by atoms with Crippen LogP contribution >= 0.6 is 0 Å². The van der Waals surface area contributed by atoms with Crippen LogP contribution in [-0.4, -0.2) is 35.2 Å². The highest BCUT2D eigenvalue weighted by molar-refractivity contribution is 6.00. The van der Waals surface area contributed by atoms with E-state index >= 15 is 0 Å². The molecule has 1 amide bonds. The van der Waals surface area contributed by atoms with Crippen molar-refractivity contribution in [2.24, 2.45) is 11.8 Å². The number of amides is 1. The second-order valence-corrected chi connectivity index (χ2v) is 7.17. The fraction of sp³-hybridized carbons (Fsp3) is 0.579. The van der Waals surface area contributed by atoms with Gasteiger partial charge in [-0.2, -0.15) is 0 Å². The molecule has 1 saturated carbocycles. The quantitative estimate of drug-likeness (QED) is 0.859. The van der Waals surface area contributed by atoms with Crippen LogP contribution in [0.4, 0.5) is 5.69 Å². The Kier molecular flexibility index (Phi) is 4.38. The van der Waals surface area contributed by atoms with Gasteiger partial charge in [0.15, 0.2) is 6.10 Å². The zero-order valence-electron chi connectivity index (χ0n) is 14.5. The minimum Gasteiger partial charge on any atom is -0.478 e. The first-order valence-corrected chi connectivity index (χ1v) is 8.71. The molecule has 2 aliphatic rings.